The summed E-state index contributed by atoms with van der Waals surface area (Å²) in [4.78, 5) is 15.0. The Morgan fingerprint density at radius 3 is 2.78 bits per heavy atom. The number of carbonyl (C=O) groups is 1. The van der Waals surface area contributed by atoms with Crippen molar-refractivity contribution in [3.8, 4) is 17.2 Å². The van der Waals surface area contributed by atoms with E-state index in [9.17, 15) is 4.79 Å². The number of hydrogen-bond acceptors (Lipinski definition) is 5. The van der Waals surface area contributed by atoms with E-state index in [0.717, 1.165) is 49.7 Å². The summed E-state index contributed by atoms with van der Waals surface area (Å²) in [5.41, 5.74) is 1.99. The molecule has 0 unspecified atom stereocenters. The molecule has 2 aliphatic rings. The predicted molar refractivity (Wildman–Crippen MR) is 102 cm³/mol. The average molecular weight is 368 g/mol. The smallest absolute Gasteiger partial charge is 0.231 e. The number of nitrogens with zero attached hydrogens (tertiary/aromatic N) is 1. The van der Waals surface area contributed by atoms with Crippen LogP contribution < -0.4 is 19.5 Å². The molecule has 142 valence electrons. The van der Waals surface area contributed by atoms with Crippen LogP contribution in [-0.2, 0) is 11.3 Å². The number of nitrogens with one attached hydrogen (secondary N) is 1. The van der Waals surface area contributed by atoms with Gasteiger partial charge in [-0.2, -0.15) is 0 Å². The SMILES string of the molecule is COc1cccc(CN2CCC(C(=O)Nc3ccc4c(c3)OCO4)CC2)c1. The van der Waals surface area contributed by atoms with Crippen LogP contribution in [0.3, 0.4) is 0 Å². The first-order valence-electron chi connectivity index (χ1n) is 9.27. The van der Waals surface area contributed by atoms with Crippen molar-refractivity contribution >= 4 is 11.6 Å². The summed E-state index contributed by atoms with van der Waals surface area (Å²) in [6.07, 6.45) is 1.72. The number of rotatable bonds is 5. The maximum atomic E-state index is 12.6. The molecule has 0 aromatic heterocycles. The Bertz CT molecular complexity index is 816. The number of carbonyl (C=O) groups excluding carboxylic acids is 1. The van der Waals surface area contributed by atoms with Gasteiger partial charge in [0.15, 0.2) is 11.5 Å². The molecule has 2 aliphatic heterocycles. The van der Waals surface area contributed by atoms with E-state index in [4.69, 9.17) is 14.2 Å². The minimum atomic E-state index is 0.0389. The van der Waals surface area contributed by atoms with Crippen molar-refractivity contribution in [3.05, 3.63) is 48.0 Å². The maximum Gasteiger partial charge on any atom is 0.231 e. The Morgan fingerprint density at radius 2 is 1.96 bits per heavy atom. The molecule has 0 bridgehead atoms. The fraction of sp³-hybridized carbons (Fsp3) is 0.381. The standard InChI is InChI=1S/C21H24N2O4/c1-25-18-4-2-3-15(11-18)13-23-9-7-16(8-10-23)21(24)22-17-5-6-19-20(12-17)27-14-26-19/h2-6,11-12,16H,7-10,13-14H2,1H3,(H,22,24). The highest BCUT2D eigenvalue weighted by molar-refractivity contribution is 5.93. The third kappa shape index (κ3) is 4.17. The molecule has 1 amide bonds. The molecule has 2 aromatic rings. The Morgan fingerprint density at radius 1 is 1.15 bits per heavy atom. The van der Waals surface area contributed by atoms with E-state index in [-0.39, 0.29) is 18.6 Å². The molecular weight excluding hydrogens is 344 g/mol. The van der Waals surface area contributed by atoms with Gasteiger partial charge in [-0.15, -0.1) is 0 Å². The summed E-state index contributed by atoms with van der Waals surface area (Å²) in [7, 11) is 1.68. The zero-order valence-electron chi connectivity index (χ0n) is 15.4. The molecule has 2 aromatic carbocycles. The van der Waals surface area contributed by atoms with Gasteiger partial charge in [-0.05, 0) is 55.8 Å². The quantitative estimate of drug-likeness (QED) is 0.878. The van der Waals surface area contributed by atoms with Crippen LogP contribution in [0.25, 0.3) is 0 Å². The number of likely N-dealkylation sites (tertiary alicyclic amines) is 1. The number of fused-ring (bicyclic) bond motifs is 1. The van der Waals surface area contributed by atoms with E-state index in [1.807, 2.05) is 30.3 Å². The monoisotopic (exact) mass is 368 g/mol. The molecule has 0 radical (unpaired) electrons. The molecular formula is C21H24N2O4. The molecule has 1 N–H and O–H groups in total. The molecule has 1 fully saturated rings. The van der Waals surface area contributed by atoms with Gasteiger partial charge in [0.25, 0.3) is 0 Å². The second-order valence-corrected chi connectivity index (χ2v) is 6.96. The topological polar surface area (TPSA) is 60.0 Å². The number of amides is 1. The minimum Gasteiger partial charge on any atom is -0.497 e. The molecule has 0 saturated carbocycles. The highest BCUT2D eigenvalue weighted by Crippen LogP contribution is 2.34. The molecule has 6 heteroatoms. The van der Waals surface area contributed by atoms with Crippen LogP contribution >= 0.6 is 0 Å². The predicted octanol–water partition coefficient (Wildman–Crippen LogP) is 3.27. The third-order valence-electron chi connectivity index (χ3n) is 5.14. The van der Waals surface area contributed by atoms with Gasteiger partial charge in [0.1, 0.15) is 5.75 Å². The van der Waals surface area contributed by atoms with Crippen molar-refractivity contribution in [2.24, 2.45) is 5.92 Å². The lowest BCUT2D eigenvalue weighted by molar-refractivity contribution is -0.121. The van der Waals surface area contributed by atoms with Crippen molar-refractivity contribution in [3.63, 3.8) is 0 Å². The van der Waals surface area contributed by atoms with Gasteiger partial charge >= 0.3 is 0 Å². The fourth-order valence-electron chi connectivity index (χ4n) is 3.60. The first-order valence-corrected chi connectivity index (χ1v) is 9.27. The van der Waals surface area contributed by atoms with E-state index >= 15 is 0 Å². The zero-order chi connectivity index (χ0) is 18.6. The number of piperidine rings is 1. The first-order chi connectivity index (χ1) is 13.2. The Labute approximate surface area is 159 Å². The van der Waals surface area contributed by atoms with Crippen LogP contribution in [0, 0.1) is 5.92 Å². The van der Waals surface area contributed by atoms with Crippen LogP contribution in [0.5, 0.6) is 17.2 Å². The summed E-state index contributed by atoms with van der Waals surface area (Å²) < 4.78 is 16.0. The van der Waals surface area contributed by atoms with Crippen molar-refractivity contribution in [2.45, 2.75) is 19.4 Å². The summed E-state index contributed by atoms with van der Waals surface area (Å²) in [6.45, 7) is 2.94. The Hall–Kier alpha value is -2.73. The van der Waals surface area contributed by atoms with Crippen LogP contribution in [0.1, 0.15) is 18.4 Å². The van der Waals surface area contributed by atoms with Crippen molar-refractivity contribution < 1.29 is 19.0 Å². The molecule has 1 saturated heterocycles. The normalized spacial score (nSPS) is 16.9. The Balaban J connectivity index is 1.29. The third-order valence-corrected chi connectivity index (χ3v) is 5.14. The summed E-state index contributed by atoms with van der Waals surface area (Å²) in [6, 6.07) is 13.6. The van der Waals surface area contributed by atoms with E-state index < -0.39 is 0 Å². The van der Waals surface area contributed by atoms with E-state index in [1.165, 1.54) is 5.56 Å². The van der Waals surface area contributed by atoms with Gasteiger partial charge in [-0.1, -0.05) is 12.1 Å². The molecule has 0 aliphatic carbocycles. The lowest BCUT2D eigenvalue weighted by Crippen LogP contribution is -2.37. The van der Waals surface area contributed by atoms with Crippen LogP contribution in [0.4, 0.5) is 5.69 Å². The number of ether oxygens (including phenoxy) is 3. The molecule has 0 spiro atoms. The van der Waals surface area contributed by atoms with Crippen LogP contribution in [0.15, 0.2) is 42.5 Å². The number of hydrogen-bond donors (Lipinski definition) is 1. The molecule has 27 heavy (non-hydrogen) atoms. The van der Waals surface area contributed by atoms with E-state index in [1.54, 1.807) is 7.11 Å². The summed E-state index contributed by atoms with van der Waals surface area (Å²) in [5.74, 6) is 2.40. The lowest BCUT2D eigenvalue weighted by Gasteiger charge is -2.31. The van der Waals surface area contributed by atoms with Crippen LogP contribution in [0.2, 0.25) is 0 Å². The number of methoxy groups -OCH3 is 1. The van der Waals surface area contributed by atoms with Gasteiger partial charge in [-0.3, -0.25) is 9.69 Å². The van der Waals surface area contributed by atoms with E-state index in [2.05, 4.69) is 22.3 Å². The molecule has 6 nitrogen and oxygen atoms in total. The van der Waals surface area contributed by atoms with Gasteiger partial charge in [-0.25, -0.2) is 0 Å². The average Bonchev–Trinajstić information content (AvgIpc) is 3.16. The second kappa shape index (κ2) is 7.88. The fourth-order valence-corrected chi connectivity index (χ4v) is 3.60. The van der Waals surface area contributed by atoms with Gasteiger partial charge in [0.2, 0.25) is 12.7 Å². The summed E-state index contributed by atoms with van der Waals surface area (Å²) >= 11 is 0. The largest absolute Gasteiger partial charge is 0.497 e. The Kier molecular flexibility index (Phi) is 5.16. The van der Waals surface area contributed by atoms with Gasteiger partial charge in [0, 0.05) is 24.2 Å². The highest BCUT2D eigenvalue weighted by Gasteiger charge is 2.25. The van der Waals surface area contributed by atoms with E-state index in [0.29, 0.717) is 5.75 Å². The van der Waals surface area contributed by atoms with Crippen molar-refractivity contribution in [1.29, 1.82) is 0 Å². The molecule has 0 atom stereocenters. The lowest BCUT2D eigenvalue weighted by atomic mass is 9.95. The number of anilines is 1. The van der Waals surface area contributed by atoms with Gasteiger partial charge in [0.05, 0.1) is 7.11 Å². The van der Waals surface area contributed by atoms with Crippen molar-refractivity contribution in [1.82, 2.24) is 4.90 Å². The second-order valence-electron chi connectivity index (χ2n) is 6.96. The van der Waals surface area contributed by atoms with Crippen LogP contribution in [-0.4, -0.2) is 37.8 Å². The molecule has 4 rings (SSSR count). The van der Waals surface area contributed by atoms with Gasteiger partial charge < -0.3 is 19.5 Å². The summed E-state index contributed by atoms with van der Waals surface area (Å²) in [5, 5.41) is 3.01. The first kappa shape index (κ1) is 17.7. The molecule has 2 heterocycles. The minimum absolute atomic E-state index is 0.0389. The maximum absolute atomic E-state index is 12.6. The zero-order valence-corrected chi connectivity index (χ0v) is 15.4. The number of benzene rings is 2. The highest BCUT2D eigenvalue weighted by atomic mass is 16.7. The van der Waals surface area contributed by atoms with Crippen molar-refractivity contribution in [2.75, 3.05) is 32.3 Å².